The van der Waals surface area contributed by atoms with Crippen molar-refractivity contribution < 1.29 is 14.1 Å². The largest absolute Gasteiger partial charge is 0.453 e. The minimum absolute atomic E-state index is 0.133. The number of nitro groups is 1. The van der Waals surface area contributed by atoms with Crippen LogP contribution in [0.25, 0.3) is 33.5 Å². The lowest BCUT2D eigenvalue weighted by Crippen LogP contribution is -2.20. The molecule has 6 aromatic rings. The molecule has 0 spiro atoms. The topological polar surface area (TPSA) is 126 Å². The molecule has 12 heteroatoms. The second-order valence-electron chi connectivity index (χ2n) is 8.51. The van der Waals surface area contributed by atoms with Gasteiger partial charge in [0, 0.05) is 22.0 Å². The fraction of sp³-hybridized carbons (Fsp3) is 0. The monoisotopic (exact) mass is 659 g/mol. The Hall–Kier alpha value is -4.68. The van der Waals surface area contributed by atoms with E-state index >= 15 is 0 Å². The highest BCUT2D eigenvalue weighted by atomic mass is 79.9. The van der Waals surface area contributed by atoms with E-state index in [2.05, 4.69) is 41.9 Å². The van der Waals surface area contributed by atoms with E-state index in [1.54, 1.807) is 36.4 Å². The van der Waals surface area contributed by atoms with E-state index in [0.29, 0.717) is 38.0 Å². The Morgan fingerprint density at radius 3 is 2.65 bits per heavy atom. The summed E-state index contributed by atoms with van der Waals surface area (Å²) in [5.74, 6) is 1.30. The van der Waals surface area contributed by atoms with Crippen LogP contribution >= 0.6 is 31.9 Å². The molecule has 0 unspecified atom stereocenters. The average Bonchev–Trinajstić information content (AvgIpc) is 3.37. The van der Waals surface area contributed by atoms with Crippen molar-refractivity contribution in [2.24, 2.45) is 5.10 Å². The average molecular weight is 661 g/mol. The molecule has 0 aliphatic carbocycles. The Morgan fingerprint density at radius 1 is 1.02 bits per heavy atom. The van der Waals surface area contributed by atoms with Gasteiger partial charge in [0.2, 0.25) is 11.7 Å². The highest BCUT2D eigenvalue weighted by Crippen LogP contribution is 2.31. The van der Waals surface area contributed by atoms with E-state index in [0.717, 1.165) is 16.1 Å². The van der Waals surface area contributed by atoms with Crippen molar-refractivity contribution in [3.8, 4) is 23.2 Å². The summed E-state index contributed by atoms with van der Waals surface area (Å²) in [6.45, 7) is 0. The molecule has 3 aromatic heterocycles. The maximum Gasteiger partial charge on any atom is 0.287 e. The summed E-state index contributed by atoms with van der Waals surface area (Å²) in [5.41, 5.74) is 1.36. The molecule has 3 heterocycles. The molecule has 6 rings (SSSR count). The van der Waals surface area contributed by atoms with Gasteiger partial charge in [0.15, 0.2) is 5.76 Å². The Balaban J connectivity index is 1.36. The Bertz CT molecular complexity index is 2020. The van der Waals surface area contributed by atoms with Gasteiger partial charge < -0.3 is 9.15 Å². The fourth-order valence-corrected chi connectivity index (χ4v) is 4.83. The van der Waals surface area contributed by atoms with Gasteiger partial charge in [-0.25, -0.2) is 9.97 Å². The number of halogens is 2. The first kappa shape index (κ1) is 25.6. The van der Waals surface area contributed by atoms with E-state index in [1.165, 1.54) is 23.0 Å². The minimum Gasteiger partial charge on any atom is -0.453 e. The number of hydrogen-bond donors (Lipinski definition) is 0. The Labute approximate surface area is 242 Å². The van der Waals surface area contributed by atoms with Crippen molar-refractivity contribution in [3.63, 3.8) is 0 Å². The van der Waals surface area contributed by atoms with Gasteiger partial charge in [-0.15, -0.1) is 0 Å². The molecule has 0 amide bonds. The highest BCUT2D eigenvalue weighted by molar-refractivity contribution is 9.10. The van der Waals surface area contributed by atoms with Crippen molar-refractivity contribution in [3.05, 3.63) is 120 Å². The number of fused-ring (bicyclic) bond motifs is 2. The smallest absolute Gasteiger partial charge is 0.287 e. The van der Waals surface area contributed by atoms with E-state index < -0.39 is 4.92 Å². The fourth-order valence-electron chi connectivity index (χ4n) is 3.97. The zero-order valence-electron chi connectivity index (χ0n) is 20.2. The third-order valence-corrected chi connectivity index (χ3v) is 6.99. The lowest BCUT2D eigenvalue weighted by Gasteiger charge is -2.08. The summed E-state index contributed by atoms with van der Waals surface area (Å²) in [6, 6.07) is 22.4. The number of para-hydroxylation sites is 1. The maximum atomic E-state index is 13.5. The minimum atomic E-state index is -0.532. The van der Waals surface area contributed by atoms with Crippen molar-refractivity contribution in [2.75, 3.05) is 0 Å². The zero-order chi connectivity index (χ0) is 27.8. The zero-order valence-corrected chi connectivity index (χ0v) is 23.4. The van der Waals surface area contributed by atoms with Crippen LogP contribution in [0.2, 0.25) is 0 Å². The van der Waals surface area contributed by atoms with Gasteiger partial charge >= 0.3 is 0 Å². The van der Waals surface area contributed by atoms with Crippen molar-refractivity contribution >= 4 is 65.6 Å². The summed E-state index contributed by atoms with van der Waals surface area (Å²) < 4.78 is 14.5. The van der Waals surface area contributed by atoms with Gasteiger partial charge in [0.1, 0.15) is 17.5 Å². The molecule has 0 aliphatic rings. The lowest BCUT2D eigenvalue weighted by molar-refractivity contribution is -0.385. The molecule has 3 aromatic carbocycles. The first-order chi connectivity index (χ1) is 19.4. The quantitative estimate of drug-likeness (QED) is 0.104. The Morgan fingerprint density at radius 2 is 1.88 bits per heavy atom. The molecule has 0 atom stereocenters. The standard InChI is InChI=1S/C28H15Br2N5O5/c29-18-6-9-23-17(12-18)13-25(39-23)27-33-22-4-2-1-3-20(22)28(36)34(27)32-14-16-5-8-24(21(30)11-16)40-26-10-7-19(15-31-26)35(37)38/h1-15H. The third kappa shape index (κ3) is 5.01. The number of aromatic nitrogens is 3. The molecule has 0 fully saturated rings. The molecule has 0 N–H and O–H groups in total. The van der Waals surface area contributed by atoms with Crippen molar-refractivity contribution in [1.29, 1.82) is 0 Å². The van der Waals surface area contributed by atoms with Crippen LogP contribution in [0.5, 0.6) is 11.6 Å². The third-order valence-electron chi connectivity index (χ3n) is 5.88. The number of furan rings is 1. The Kier molecular flexibility index (Phi) is 6.70. The number of rotatable bonds is 6. The highest BCUT2D eigenvalue weighted by Gasteiger charge is 2.17. The van der Waals surface area contributed by atoms with Gasteiger partial charge in [-0.05, 0) is 76.1 Å². The lowest BCUT2D eigenvalue weighted by atomic mass is 10.2. The number of ether oxygens (including phenoxy) is 1. The van der Waals surface area contributed by atoms with Gasteiger partial charge in [-0.2, -0.15) is 9.78 Å². The molecule has 0 bridgehead atoms. The summed E-state index contributed by atoms with van der Waals surface area (Å²) >= 11 is 6.94. The van der Waals surface area contributed by atoms with Crippen molar-refractivity contribution in [2.45, 2.75) is 0 Å². The SMILES string of the molecule is O=c1c2ccccc2nc(-c2cc3cc(Br)ccc3o2)n1N=Cc1ccc(Oc2ccc([N+](=O)[O-])cn2)c(Br)c1. The maximum absolute atomic E-state index is 13.5. The first-order valence-corrected chi connectivity index (χ1v) is 13.3. The van der Waals surface area contributed by atoms with Crippen LogP contribution in [-0.4, -0.2) is 25.8 Å². The predicted octanol–water partition coefficient (Wildman–Crippen LogP) is 7.31. The molecule has 196 valence electrons. The summed E-state index contributed by atoms with van der Waals surface area (Å²) in [5, 5.41) is 16.6. The summed E-state index contributed by atoms with van der Waals surface area (Å²) in [4.78, 5) is 32.5. The predicted molar refractivity (Wildman–Crippen MR) is 157 cm³/mol. The van der Waals surface area contributed by atoms with Crippen LogP contribution < -0.4 is 10.3 Å². The molecule has 0 saturated carbocycles. The van der Waals surface area contributed by atoms with E-state index in [9.17, 15) is 14.9 Å². The molecule has 0 aliphatic heterocycles. The van der Waals surface area contributed by atoms with Crippen LogP contribution in [-0.2, 0) is 0 Å². The van der Waals surface area contributed by atoms with Crippen molar-refractivity contribution in [1.82, 2.24) is 14.6 Å². The molecule has 0 radical (unpaired) electrons. The molecular weight excluding hydrogens is 646 g/mol. The van der Waals surface area contributed by atoms with Crippen LogP contribution in [0.3, 0.4) is 0 Å². The van der Waals surface area contributed by atoms with Gasteiger partial charge in [0.05, 0.1) is 26.5 Å². The molecule has 40 heavy (non-hydrogen) atoms. The summed E-state index contributed by atoms with van der Waals surface area (Å²) in [7, 11) is 0. The normalized spacial score (nSPS) is 11.4. The summed E-state index contributed by atoms with van der Waals surface area (Å²) in [6.07, 6.45) is 2.65. The van der Waals surface area contributed by atoms with E-state index in [-0.39, 0.29) is 23.0 Å². The number of nitrogens with zero attached hydrogens (tertiary/aromatic N) is 5. The van der Waals surface area contributed by atoms with Gasteiger partial charge in [-0.3, -0.25) is 14.9 Å². The number of pyridine rings is 1. The van der Waals surface area contributed by atoms with Crippen LogP contribution in [0.15, 0.2) is 108 Å². The molecule has 0 saturated heterocycles. The van der Waals surface area contributed by atoms with E-state index in [4.69, 9.17) is 14.1 Å². The van der Waals surface area contributed by atoms with Crippen LogP contribution in [0.1, 0.15) is 5.56 Å². The molecule has 10 nitrogen and oxygen atoms in total. The van der Waals surface area contributed by atoms with Gasteiger partial charge in [-0.1, -0.05) is 28.1 Å². The second kappa shape index (κ2) is 10.5. The van der Waals surface area contributed by atoms with Crippen LogP contribution in [0, 0.1) is 10.1 Å². The van der Waals surface area contributed by atoms with Crippen LogP contribution in [0.4, 0.5) is 5.69 Å². The molecular formula is C28H15Br2N5O5. The second-order valence-corrected chi connectivity index (χ2v) is 10.3. The first-order valence-electron chi connectivity index (χ1n) is 11.7. The van der Waals surface area contributed by atoms with Gasteiger partial charge in [0.25, 0.3) is 11.2 Å². The number of benzene rings is 3. The van der Waals surface area contributed by atoms with E-state index in [1.807, 2.05) is 30.3 Å². The number of hydrogen-bond acceptors (Lipinski definition) is 8.